The molecule has 0 aliphatic rings. The second-order valence-electron chi connectivity index (χ2n) is 8.29. The quantitative estimate of drug-likeness (QED) is 0.250. The topological polar surface area (TPSA) is 52.6 Å². The van der Waals surface area contributed by atoms with Gasteiger partial charge in [0, 0.05) is 12.8 Å². The lowest BCUT2D eigenvalue weighted by atomic mass is 9.95. The zero-order valence-electron chi connectivity index (χ0n) is 17.9. The van der Waals surface area contributed by atoms with Crippen molar-refractivity contribution in [2.75, 3.05) is 13.2 Å². The average Bonchev–Trinajstić information content (AvgIpc) is 2.59. The van der Waals surface area contributed by atoms with Crippen LogP contribution >= 0.6 is 0 Å². The van der Waals surface area contributed by atoms with Gasteiger partial charge in [-0.15, -0.1) is 0 Å². The summed E-state index contributed by atoms with van der Waals surface area (Å²) in [7, 11) is 0. The van der Waals surface area contributed by atoms with Crippen LogP contribution in [0.4, 0.5) is 0 Å². The Bertz CT molecular complexity index is 363. The van der Waals surface area contributed by atoms with Crippen LogP contribution in [0.2, 0.25) is 0 Å². The van der Waals surface area contributed by atoms with Crippen LogP contribution in [0.15, 0.2) is 0 Å². The Morgan fingerprint density at radius 2 is 1.23 bits per heavy atom. The summed E-state index contributed by atoms with van der Waals surface area (Å²) >= 11 is 0. The third-order valence-corrected chi connectivity index (χ3v) is 4.43. The van der Waals surface area contributed by atoms with Crippen LogP contribution in [0.25, 0.3) is 0 Å². The number of unbranched alkanes of at least 4 members (excludes halogenated alkanes) is 5. The highest BCUT2D eigenvalue weighted by Gasteiger charge is 2.13. The third-order valence-electron chi connectivity index (χ3n) is 4.43. The Kier molecular flexibility index (Phi) is 15.5. The van der Waals surface area contributed by atoms with E-state index >= 15 is 0 Å². The van der Waals surface area contributed by atoms with Crippen LogP contribution in [0.5, 0.6) is 0 Å². The first-order valence-electron chi connectivity index (χ1n) is 10.7. The lowest BCUT2D eigenvalue weighted by molar-refractivity contribution is -0.146. The number of esters is 2. The molecule has 1 atom stereocenters. The van der Waals surface area contributed by atoms with Gasteiger partial charge in [-0.3, -0.25) is 9.59 Å². The summed E-state index contributed by atoms with van der Waals surface area (Å²) in [5.74, 6) is 1.15. The number of carbonyl (C=O) groups is 2. The molecule has 0 aliphatic carbocycles. The smallest absolute Gasteiger partial charge is 0.306 e. The van der Waals surface area contributed by atoms with Crippen molar-refractivity contribution in [3.8, 4) is 0 Å². The summed E-state index contributed by atoms with van der Waals surface area (Å²) in [5, 5.41) is 0. The maximum Gasteiger partial charge on any atom is 0.306 e. The molecule has 0 bridgehead atoms. The molecule has 0 radical (unpaired) electrons. The third kappa shape index (κ3) is 16.4. The van der Waals surface area contributed by atoms with Crippen LogP contribution in [0, 0.1) is 17.8 Å². The first-order chi connectivity index (χ1) is 12.3. The normalized spacial score (nSPS) is 12.4. The maximum atomic E-state index is 11.8. The van der Waals surface area contributed by atoms with E-state index in [1.54, 1.807) is 0 Å². The van der Waals surface area contributed by atoms with Gasteiger partial charge in [0.1, 0.15) is 0 Å². The molecular formula is C22H42O4. The molecule has 4 heteroatoms. The number of hydrogen-bond acceptors (Lipinski definition) is 4. The predicted octanol–water partition coefficient (Wildman–Crippen LogP) is 5.92. The highest BCUT2D eigenvalue weighted by Crippen LogP contribution is 2.19. The van der Waals surface area contributed by atoms with E-state index in [4.69, 9.17) is 9.47 Å². The van der Waals surface area contributed by atoms with E-state index < -0.39 is 0 Å². The summed E-state index contributed by atoms with van der Waals surface area (Å²) in [4.78, 5) is 23.3. The Morgan fingerprint density at radius 3 is 1.77 bits per heavy atom. The van der Waals surface area contributed by atoms with Crippen LogP contribution in [-0.4, -0.2) is 25.2 Å². The fourth-order valence-corrected chi connectivity index (χ4v) is 2.75. The predicted molar refractivity (Wildman–Crippen MR) is 107 cm³/mol. The number of ether oxygens (including phenoxy) is 2. The molecule has 4 nitrogen and oxygen atoms in total. The Morgan fingerprint density at radius 1 is 0.731 bits per heavy atom. The van der Waals surface area contributed by atoms with Crippen LogP contribution in [-0.2, 0) is 19.1 Å². The average molecular weight is 371 g/mol. The van der Waals surface area contributed by atoms with Crippen LogP contribution < -0.4 is 0 Å². The van der Waals surface area contributed by atoms with E-state index in [1.165, 1.54) is 25.7 Å². The van der Waals surface area contributed by atoms with Crippen molar-refractivity contribution in [1.82, 2.24) is 0 Å². The van der Waals surface area contributed by atoms with Gasteiger partial charge >= 0.3 is 11.9 Å². The first kappa shape index (κ1) is 24.9. The summed E-state index contributed by atoms with van der Waals surface area (Å²) in [6, 6.07) is 0. The number of rotatable bonds is 16. The summed E-state index contributed by atoms with van der Waals surface area (Å²) in [6.45, 7) is 11.4. The zero-order valence-corrected chi connectivity index (χ0v) is 17.9. The highest BCUT2D eigenvalue weighted by atomic mass is 16.5. The molecule has 1 unspecified atom stereocenters. The van der Waals surface area contributed by atoms with E-state index in [0.29, 0.717) is 43.8 Å². The van der Waals surface area contributed by atoms with Crippen molar-refractivity contribution in [3.63, 3.8) is 0 Å². The molecule has 0 fully saturated rings. The lowest BCUT2D eigenvalue weighted by Gasteiger charge is -2.14. The molecule has 0 saturated carbocycles. The number of hydrogen-bond donors (Lipinski definition) is 0. The molecule has 0 spiro atoms. The minimum atomic E-state index is -0.0613. The summed E-state index contributed by atoms with van der Waals surface area (Å²) in [5.41, 5.74) is 0. The van der Waals surface area contributed by atoms with Gasteiger partial charge in [0.2, 0.25) is 0 Å². The van der Waals surface area contributed by atoms with Crippen molar-refractivity contribution >= 4 is 11.9 Å². The van der Waals surface area contributed by atoms with Crippen molar-refractivity contribution in [1.29, 1.82) is 0 Å². The van der Waals surface area contributed by atoms with E-state index in [1.807, 2.05) is 13.8 Å². The van der Waals surface area contributed by atoms with E-state index in [2.05, 4.69) is 20.8 Å². The van der Waals surface area contributed by atoms with Gasteiger partial charge in [-0.05, 0) is 30.6 Å². The fraction of sp³-hybridized carbons (Fsp3) is 0.909. The zero-order chi connectivity index (χ0) is 19.8. The SMILES string of the molecule is CCC(CCCCCCCCC(=O)OCC(C)C)CC(=O)OCC(C)C. The Balaban J connectivity index is 3.57. The van der Waals surface area contributed by atoms with Gasteiger partial charge in [0.25, 0.3) is 0 Å². The molecule has 0 aromatic rings. The standard InChI is InChI=1S/C22H42O4/c1-6-20(15-22(24)26-17-19(4)5)13-11-9-7-8-10-12-14-21(23)25-16-18(2)3/h18-20H,6-17H2,1-5H3. The van der Waals surface area contributed by atoms with Gasteiger partial charge in [-0.1, -0.05) is 73.1 Å². The van der Waals surface area contributed by atoms with E-state index in [-0.39, 0.29) is 11.9 Å². The van der Waals surface area contributed by atoms with E-state index in [9.17, 15) is 9.59 Å². The largest absolute Gasteiger partial charge is 0.465 e. The summed E-state index contributed by atoms with van der Waals surface area (Å²) < 4.78 is 10.5. The number of carbonyl (C=O) groups excluding carboxylic acids is 2. The molecule has 26 heavy (non-hydrogen) atoms. The van der Waals surface area contributed by atoms with E-state index in [0.717, 1.165) is 25.7 Å². The lowest BCUT2D eigenvalue weighted by Crippen LogP contribution is -2.14. The van der Waals surface area contributed by atoms with Gasteiger partial charge in [0.15, 0.2) is 0 Å². The molecule has 0 amide bonds. The Labute approximate surface area is 161 Å². The van der Waals surface area contributed by atoms with Crippen molar-refractivity contribution < 1.29 is 19.1 Å². The highest BCUT2D eigenvalue weighted by molar-refractivity contribution is 5.69. The van der Waals surface area contributed by atoms with Gasteiger partial charge < -0.3 is 9.47 Å². The van der Waals surface area contributed by atoms with Crippen molar-refractivity contribution in [3.05, 3.63) is 0 Å². The van der Waals surface area contributed by atoms with Gasteiger partial charge in [-0.2, -0.15) is 0 Å². The second kappa shape index (κ2) is 16.1. The monoisotopic (exact) mass is 370 g/mol. The first-order valence-corrected chi connectivity index (χ1v) is 10.7. The molecule has 0 N–H and O–H groups in total. The molecular weight excluding hydrogens is 328 g/mol. The van der Waals surface area contributed by atoms with Crippen molar-refractivity contribution in [2.24, 2.45) is 17.8 Å². The fourth-order valence-electron chi connectivity index (χ4n) is 2.75. The molecule has 0 aromatic carbocycles. The molecule has 0 saturated heterocycles. The van der Waals surface area contributed by atoms with Crippen molar-refractivity contribution in [2.45, 2.75) is 98.8 Å². The second-order valence-corrected chi connectivity index (χ2v) is 8.29. The van der Waals surface area contributed by atoms with Crippen LogP contribution in [0.1, 0.15) is 98.8 Å². The molecule has 154 valence electrons. The van der Waals surface area contributed by atoms with Crippen LogP contribution in [0.3, 0.4) is 0 Å². The Hall–Kier alpha value is -1.06. The molecule has 0 aromatic heterocycles. The summed E-state index contributed by atoms with van der Waals surface area (Å²) in [6.07, 6.45) is 10.0. The molecule has 0 aliphatic heterocycles. The van der Waals surface area contributed by atoms with Gasteiger partial charge in [0.05, 0.1) is 13.2 Å². The minimum absolute atomic E-state index is 0.0464. The minimum Gasteiger partial charge on any atom is -0.465 e. The molecule has 0 rings (SSSR count). The van der Waals surface area contributed by atoms with Gasteiger partial charge in [-0.25, -0.2) is 0 Å². The molecule has 0 heterocycles. The maximum absolute atomic E-state index is 11.8.